The molecule has 0 spiro atoms. The van der Waals surface area contributed by atoms with E-state index in [2.05, 4.69) is 25.2 Å². The van der Waals surface area contributed by atoms with E-state index in [1.54, 1.807) is 0 Å². The minimum atomic E-state index is 0.204. The van der Waals surface area contributed by atoms with Gasteiger partial charge in [-0.3, -0.25) is 0 Å². The average molecular weight is 217 g/mol. The van der Waals surface area contributed by atoms with Crippen molar-refractivity contribution in [1.29, 1.82) is 5.26 Å². The van der Waals surface area contributed by atoms with Crippen molar-refractivity contribution in [3.63, 3.8) is 0 Å². The van der Waals surface area contributed by atoms with E-state index >= 15 is 0 Å². The molecule has 1 atom stereocenters. The molecule has 0 heterocycles. The molecule has 0 radical (unpaired) electrons. The van der Waals surface area contributed by atoms with E-state index in [4.69, 9.17) is 11.0 Å². The minimum Gasteiger partial charge on any atom is -0.380 e. The molecule has 3 heteroatoms. The lowest BCUT2D eigenvalue weighted by Gasteiger charge is -2.22. The van der Waals surface area contributed by atoms with E-state index in [-0.39, 0.29) is 6.04 Å². The molecule has 0 bridgehead atoms. The molecule has 1 aromatic rings. The van der Waals surface area contributed by atoms with Crippen LogP contribution in [0.4, 0.5) is 5.69 Å². The van der Waals surface area contributed by atoms with Gasteiger partial charge in [0, 0.05) is 12.6 Å². The molecular weight excluding hydrogens is 198 g/mol. The zero-order valence-corrected chi connectivity index (χ0v) is 10.1. The second-order valence-electron chi connectivity index (χ2n) is 4.39. The summed E-state index contributed by atoms with van der Waals surface area (Å²) in [7, 11) is 0. The zero-order chi connectivity index (χ0) is 12.1. The monoisotopic (exact) mass is 217 g/mol. The maximum Gasteiger partial charge on any atom is 0.101 e. The lowest BCUT2D eigenvalue weighted by molar-refractivity contribution is 0.531. The van der Waals surface area contributed by atoms with Crippen LogP contribution in [-0.4, -0.2) is 12.6 Å². The fourth-order valence-electron chi connectivity index (χ4n) is 1.57. The van der Waals surface area contributed by atoms with E-state index in [0.717, 1.165) is 11.3 Å². The van der Waals surface area contributed by atoms with Crippen molar-refractivity contribution in [3.05, 3.63) is 29.3 Å². The summed E-state index contributed by atoms with van der Waals surface area (Å²) in [6.45, 7) is 6.78. The predicted octanol–water partition coefficient (Wildman–Crippen LogP) is 2.26. The van der Waals surface area contributed by atoms with Crippen molar-refractivity contribution in [2.24, 2.45) is 11.7 Å². The Labute approximate surface area is 97.3 Å². The molecule has 1 aromatic carbocycles. The smallest absolute Gasteiger partial charge is 0.101 e. The first-order valence-corrected chi connectivity index (χ1v) is 5.55. The van der Waals surface area contributed by atoms with Gasteiger partial charge in [-0.15, -0.1) is 0 Å². The van der Waals surface area contributed by atoms with Crippen molar-refractivity contribution in [2.75, 3.05) is 11.9 Å². The number of benzene rings is 1. The van der Waals surface area contributed by atoms with Gasteiger partial charge in [-0.1, -0.05) is 19.9 Å². The summed E-state index contributed by atoms with van der Waals surface area (Å²) in [6.07, 6.45) is 0. The van der Waals surface area contributed by atoms with Crippen LogP contribution >= 0.6 is 0 Å². The molecule has 0 aliphatic rings. The highest BCUT2D eigenvalue weighted by atomic mass is 14.9. The van der Waals surface area contributed by atoms with E-state index in [9.17, 15) is 0 Å². The first kappa shape index (κ1) is 12.5. The number of hydrogen-bond acceptors (Lipinski definition) is 3. The van der Waals surface area contributed by atoms with Gasteiger partial charge in [0.1, 0.15) is 6.07 Å². The Balaban J connectivity index is 2.92. The zero-order valence-electron chi connectivity index (χ0n) is 10.1. The highest BCUT2D eigenvalue weighted by Crippen LogP contribution is 2.18. The van der Waals surface area contributed by atoms with Crippen molar-refractivity contribution >= 4 is 5.69 Å². The van der Waals surface area contributed by atoms with E-state index < -0.39 is 0 Å². The molecule has 1 rings (SSSR count). The molecular formula is C13H19N3. The van der Waals surface area contributed by atoms with Gasteiger partial charge < -0.3 is 11.1 Å². The molecule has 0 aromatic heterocycles. The van der Waals surface area contributed by atoms with E-state index in [1.807, 2.05) is 25.1 Å². The largest absolute Gasteiger partial charge is 0.380 e. The number of nitriles is 1. The molecule has 0 saturated carbocycles. The van der Waals surface area contributed by atoms with Gasteiger partial charge in [0.2, 0.25) is 0 Å². The first-order valence-electron chi connectivity index (χ1n) is 5.55. The lowest BCUT2D eigenvalue weighted by Crippen LogP contribution is -2.33. The number of nitrogens with zero attached hydrogens (tertiary/aromatic N) is 1. The second kappa shape index (κ2) is 5.53. The predicted molar refractivity (Wildman–Crippen MR) is 67.2 cm³/mol. The van der Waals surface area contributed by atoms with Crippen molar-refractivity contribution in [1.82, 2.24) is 0 Å². The Morgan fingerprint density at radius 3 is 2.62 bits per heavy atom. The number of rotatable bonds is 4. The SMILES string of the molecule is Cc1ccc(NC(CN)C(C)C)c(C#N)c1. The second-order valence-corrected chi connectivity index (χ2v) is 4.39. The topological polar surface area (TPSA) is 61.8 Å². The fraction of sp³-hybridized carbons (Fsp3) is 0.462. The van der Waals surface area contributed by atoms with Crippen molar-refractivity contribution < 1.29 is 0 Å². The summed E-state index contributed by atoms with van der Waals surface area (Å²) >= 11 is 0. The summed E-state index contributed by atoms with van der Waals surface area (Å²) in [5.41, 5.74) is 8.34. The summed E-state index contributed by atoms with van der Waals surface area (Å²) in [6, 6.07) is 8.23. The van der Waals surface area contributed by atoms with Crippen molar-refractivity contribution in [3.8, 4) is 6.07 Å². The van der Waals surface area contributed by atoms with E-state index in [1.165, 1.54) is 0 Å². The Hall–Kier alpha value is -1.53. The van der Waals surface area contributed by atoms with Crippen LogP contribution in [0.1, 0.15) is 25.0 Å². The van der Waals surface area contributed by atoms with Crippen molar-refractivity contribution in [2.45, 2.75) is 26.8 Å². The Bertz CT molecular complexity index is 391. The molecule has 0 aliphatic heterocycles. The molecule has 16 heavy (non-hydrogen) atoms. The van der Waals surface area contributed by atoms with Gasteiger partial charge in [0.25, 0.3) is 0 Å². The summed E-state index contributed by atoms with van der Waals surface area (Å²) in [4.78, 5) is 0. The Morgan fingerprint density at radius 1 is 1.44 bits per heavy atom. The average Bonchev–Trinajstić information content (AvgIpc) is 2.26. The molecule has 1 unspecified atom stereocenters. The van der Waals surface area contributed by atoms with Crippen LogP contribution in [0.25, 0.3) is 0 Å². The van der Waals surface area contributed by atoms with Crippen LogP contribution < -0.4 is 11.1 Å². The minimum absolute atomic E-state index is 0.204. The third-order valence-electron chi connectivity index (χ3n) is 2.70. The highest BCUT2D eigenvalue weighted by molar-refractivity contribution is 5.59. The van der Waals surface area contributed by atoms with Gasteiger partial charge in [-0.25, -0.2) is 0 Å². The number of aryl methyl sites for hydroxylation is 1. The quantitative estimate of drug-likeness (QED) is 0.813. The normalized spacial score (nSPS) is 12.2. The van der Waals surface area contributed by atoms with Crippen LogP contribution in [0.15, 0.2) is 18.2 Å². The number of hydrogen-bond donors (Lipinski definition) is 2. The maximum absolute atomic E-state index is 9.05. The van der Waals surface area contributed by atoms with Crippen LogP contribution in [0.5, 0.6) is 0 Å². The molecule has 0 fully saturated rings. The number of nitrogens with one attached hydrogen (secondary N) is 1. The molecule has 86 valence electrons. The standard InChI is InChI=1S/C13H19N3/c1-9(2)13(8-15)16-12-5-4-10(3)6-11(12)7-14/h4-6,9,13,16H,8,15H2,1-3H3. The fourth-order valence-corrected chi connectivity index (χ4v) is 1.57. The third-order valence-corrected chi connectivity index (χ3v) is 2.70. The van der Waals surface area contributed by atoms with Crippen LogP contribution in [0.2, 0.25) is 0 Å². The number of nitrogens with two attached hydrogens (primary N) is 1. The van der Waals surface area contributed by atoms with Crippen LogP contribution in [0, 0.1) is 24.2 Å². The first-order chi connectivity index (χ1) is 7.58. The van der Waals surface area contributed by atoms with Crippen LogP contribution in [-0.2, 0) is 0 Å². The number of anilines is 1. The highest BCUT2D eigenvalue weighted by Gasteiger charge is 2.12. The molecule has 3 nitrogen and oxygen atoms in total. The molecule has 0 aliphatic carbocycles. The van der Waals surface area contributed by atoms with Gasteiger partial charge in [0.15, 0.2) is 0 Å². The van der Waals surface area contributed by atoms with Gasteiger partial charge in [-0.2, -0.15) is 5.26 Å². The molecule has 0 saturated heterocycles. The van der Waals surface area contributed by atoms with E-state index in [0.29, 0.717) is 18.0 Å². The van der Waals surface area contributed by atoms with Gasteiger partial charge in [-0.05, 0) is 30.5 Å². The summed E-state index contributed by atoms with van der Waals surface area (Å²) in [5, 5.41) is 12.4. The van der Waals surface area contributed by atoms with Crippen LogP contribution in [0.3, 0.4) is 0 Å². The summed E-state index contributed by atoms with van der Waals surface area (Å²) in [5.74, 6) is 0.442. The third kappa shape index (κ3) is 2.98. The summed E-state index contributed by atoms with van der Waals surface area (Å²) < 4.78 is 0. The Morgan fingerprint density at radius 2 is 2.12 bits per heavy atom. The van der Waals surface area contributed by atoms with Gasteiger partial charge >= 0.3 is 0 Å². The lowest BCUT2D eigenvalue weighted by atomic mass is 10.0. The Kier molecular flexibility index (Phi) is 4.33. The molecule has 3 N–H and O–H groups in total. The molecule has 0 amide bonds. The maximum atomic E-state index is 9.05. The van der Waals surface area contributed by atoms with Gasteiger partial charge in [0.05, 0.1) is 11.3 Å².